The van der Waals surface area contributed by atoms with Crippen LogP contribution >= 0.6 is 0 Å². The van der Waals surface area contributed by atoms with Crippen molar-refractivity contribution in [3.63, 3.8) is 0 Å². The van der Waals surface area contributed by atoms with Crippen LogP contribution in [0.5, 0.6) is 0 Å². The minimum Gasteiger partial charge on any atom is -0.389 e. The van der Waals surface area contributed by atoms with Crippen molar-refractivity contribution in [3.8, 4) is 22.4 Å². The van der Waals surface area contributed by atoms with Crippen LogP contribution < -0.4 is 0 Å². The number of rotatable bonds is 6. The van der Waals surface area contributed by atoms with Gasteiger partial charge in [-0.25, -0.2) is 4.68 Å². The zero-order valence-electron chi connectivity index (χ0n) is 20.5. The highest BCUT2D eigenvalue weighted by molar-refractivity contribution is 6.06. The van der Waals surface area contributed by atoms with Gasteiger partial charge in [0.15, 0.2) is 0 Å². The average Bonchev–Trinajstić information content (AvgIpc) is 3.44. The van der Waals surface area contributed by atoms with E-state index in [2.05, 4.69) is 89.4 Å². The summed E-state index contributed by atoms with van der Waals surface area (Å²) >= 11 is 0. The topological polar surface area (TPSA) is 55.9 Å². The molecule has 1 N–H and O–H groups in total. The van der Waals surface area contributed by atoms with Crippen LogP contribution in [0.3, 0.4) is 0 Å². The van der Waals surface area contributed by atoms with Crippen molar-refractivity contribution in [2.75, 3.05) is 0 Å². The number of aromatic nitrogens is 4. The lowest BCUT2D eigenvalue weighted by Crippen LogP contribution is -2.23. The van der Waals surface area contributed by atoms with Crippen molar-refractivity contribution < 1.29 is 5.11 Å². The van der Waals surface area contributed by atoms with Gasteiger partial charge in [-0.1, -0.05) is 89.6 Å². The largest absolute Gasteiger partial charge is 0.389 e. The lowest BCUT2D eigenvalue weighted by atomic mass is 9.97. The Morgan fingerprint density at radius 2 is 1.44 bits per heavy atom. The lowest BCUT2D eigenvalue weighted by Gasteiger charge is -2.18. The summed E-state index contributed by atoms with van der Waals surface area (Å²) in [6.45, 7) is 5.10. The van der Waals surface area contributed by atoms with Crippen LogP contribution in [-0.4, -0.2) is 30.8 Å². The van der Waals surface area contributed by atoms with E-state index in [-0.39, 0.29) is 0 Å². The van der Waals surface area contributed by atoms with E-state index in [9.17, 15) is 5.11 Å². The summed E-state index contributed by atoms with van der Waals surface area (Å²) in [6, 6.07) is 33.4. The molecular formula is C31H28N4O. The first kappa shape index (κ1) is 22.3. The molecule has 0 aliphatic rings. The Morgan fingerprint density at radius 3 is 2.19 bits per heavy atom. The zero-order valence-corrected chi connectivity index (χ0v) is 20.5. The maximum Gasteiger partial charge on any atom is 0.113 e. The fraction of sp³-hybridized carbons (Fsp3) is 0.161. The molecule has 178 valence electrons. The first-order valence-electron chi connectivity index (χ1n) is 12.3. The van der Waals surface area contributed by atoms with Crippen molar-refractivity contribution >= 4 is 21.9 Å². The molecule has 1 atom stereocenters. The van der Waals surface area contributed by atoms with E-state index in [1.54, 1.807) is 4.68 Å². The van der Waals surface area contributed by atoms with Crippen molar-refractivity contribution in [1.82, 2.24) is 19.6 Å². The second-order valence-corrected chi connectivity index (χ2v) is 9.46. The Labute approximate surface area is 210 Å². The van der Waals surface area contributed by atoms with E-state index < -0.39 is 6.10 Å². The Morgan fingerprint density at radius 1 is 0.778 bits per heavy atom. The van der Waals surface area contributed by atoms with Gasteiger partial charge < -0.3 is 9.67 Å². The number of hydrogen-bond donors (Lipinski definition) is 1. The molecule has 0 aliphatic carbocycles. The van der Waals surface area contributed by atoms with E-state index in [1.807, 2.05) is 36.4 Å². The Kier molecular flexibility index (Phi) is 5.62. The van der Waals surface area contributed by atoms with Gasteiger partial charge in [-0.05, 0) is 48.7 Å². The second kappa shape index (κ2) is 9.10. The van der Waals surface area contributed by atoms with Crippen LogP contribution in [0.25, 0.3) is 44.3 Å². The maximum absolute atomic E-state index is 11.4. The summed E-state index contributed by atoms with van der Waals surface area (Å²) in [5, 5.41) is 21.1. The van der Waals surface area contributed by atoms with E-state index >= 15 is 0 Å². The molecule has 5 nitrogen and oxygen atoms in total. The number of hydrogen-bond acceptors (Lipinski definition) is 3. The minimum atomic E-state index is -0.655. The molecule has 0 radical (unpaired) electrons. The van der Waals surface area contributed by atoms with Crippen LogP contribution in [0.2, 0.25) is 0 Å². The molecular weight excluding hydrogens is 444 g/mol. The number of aliphatic hydroxyl groups excluding tert-OH is 1. The van der Waals surface area contributed by atoms with Crippen LogP contribution in [0.1, 0.15) is 11.1 Å². The summed E-state index contributed by atoms with van der Waals surface area (Å²) in [5.41, 5.74) is 9.94. The van der Waals surface area contributed by atoms with Crippen LogP contribution in [0.4, 0.5) is 0 Å². The fourth-order valence-electron chi connectivity index (χ4n) is 5.38. The van der Waals surface area contributed by atoms with E-state index in [0.717, 1.165) is 27.8 Å². The molecule has 0 amide bonds. The Hall–Kier alpha value is -4.22. The highest BCUT2D eigenvalue weighted by Gasteiger charge is 2.23. The molecule has 0 bridgehead atoms. The summed E-state index contributed by atoms with van der Waals surface area (Å²) in [5.74, 6) is 0. The molecule has 0 spiro atoms. The molecule has 0 saturated heterocycles. The average molecular weight is 473 g/mol. The molecule has 2 heterocycles. The first-order valence-corrected chi connectivity index (χ1v) is 12.3. The Balaban J connectivity index is 1.54. The predicted molar refractivity (Wildman–Crippen MR) is 146 cm³/mol. The van der Waals surface area contributed by atoms with E-state index in [0.29, 0.717) is 13.1 Å². The molecule has 5 heteroatoms. The molecule has 6 rings (SSSR count). The Bertz CT molecular complexity index is 1670. The standard InChI is InChI=1S/C31H28N4O/c1-21-17-22(2)30-26(18-21)29(23-11-5-3-6-12-23)31(24-13-7-4-8-14-24)34(30)19-25(36)20-35-28-16-10-9-15-27(28)32-33-35/h3-18,25,36H,19-20H2,1-2H3. The number of para-hydroxylation sites is 1. The van der Waals surface area contributed by atoms with Crippen LogP contribution in [0.15, 0.2) is 97.1 Å². The van der Waals surface area contributed by atoms with Gasteiger partial charge in [0.1, 0.15) is 5.52 Å². The van der Waals surface area contributed by atoms with Gasteiger partial charge in [0.25, 0.3) is 0 Å². The number of fused-ring (bicyclic) bond motifs is 2. The van der Waals surface area contributed by atoms with Gasteiger partial charge in [0.2, 0.25) is 0 Å². The number of nitrogens with zero attached hydrogens (tertiary/aromatic N) is 4. The van der Waals surface area contributed by atoms with Crippen molar-refractivity contribution in [2.45, 2.75) is 33.0 Å². The minimum absolute atomic E-state index is 0.361. The van der Waals surface area contributed by atoms with Crippen molar-refractivity contribution in [2.24, 2.45) is 0 Å². The monoisotopic (exact) mass is 472 g/mol. The third kappa shape index (κ3) is 3.88. The fourth-order valence-corrected chi connectivity index (χ4v) is 5.38. The summed E-state index contributed by atoms with van der Waals surface area (Å²) in [4.78, 5) is 0. The first-order chi connectivity index (χ1) is 17.6. The predicted octanol–water partition coefficient (Wildman–Crippen LogP) is 6.40. The molecule has 36 heavy (non-hydrogen) atoms. The van der Waals surface area contributed by atoms with Crippen LogP contribution in [0, 0.1) is 13.8 Å². The molecule has 2 aromatic heterocycles. The summed E-state index contributed by atoms with van der Waals surface area (Å²) in [6.07, 6.45) is -0.655. The van der Waals surface area contributed by atoms with E-state index in [1.165, 1.54) is 27.6 Å². The van der Waals surface area contributed by atoms with Gasteiger partial charge >= 0.3 is 0 Å². The van der Waals surface area contributed by atoms with Gasteiger partial charge in [-0.15, -0.1) is 5.10 Å². The number of benzene rings is 4. The molecule has 0 aliphatic heterocycles. The van der Waals surface area contributed by atoms with Gasteiger partial charge in [0.05, 0.1) is 35.9 Å². The maximum atomic E-state index is 11.4. The van der Waals surface area contributed by atoms with Crippen LogP contribution in [-0.2, 0) is 13.1 Å². The number of aryl methyl sites for hydroxylation is 2. The van der Waals surface area contributed by atoms with Gasteiger partial charge in [0, 0.05) is 10.9 Å². The molecule has 0 saturated carbocycles. The molecule has 0 fully saturated rings. The second-order valence-electron chi connectivity index (χ2n) is 9.46. The highest BCUT2D eigenvalue weighted by Crippen LogP contribution is 2.42. The normalized spacial score (nSPS) is 12.4. The molecule has 1 unspecified atom stereocenters. The lowest BCUT2D eigenvalue weighted by molar-refractivity contribution is 0.133. The number of aliphatic hydroxyl groups is 1. The van der Waals surface area contributed by atoms with Crippen molar-refractivity contribution in [1.29, 1.82) is 0 Å². The van der Waals surface area contributed by atoms with Gasteiger partial charge in [-0.3, -0.25) is 0 Å². The third-order valence-corrected chi connectivity index (χ3v) is 6.80. The smallest absolute Gasteiger partial charge is 0.113 e. The van der Waals surface area contributed by atoms with Crippen molar-refractivity contribution in [3.05, 3.63) is 108 Å². The quantitative estimate of drug-likeness (QED) is 0.305. The SMILES string of the molecule is Cc1cc(C)c2c(c1)c(-c1ccccc1)c(-c1ccccc1)n2CC(O)Cn1nnc2ccccc21. The zero-order chi connectivity index (χ0) is 24.6. The highest BCUT2D eigenvalue weighted by atomic mass is 16.3. The summed E-state index contributed by atoms with van der Waals surface area (Å²) < 4.78 is 4.09. The third-order valence-electron chi connectivity index (χ3n) is 6.80. The summed E-state index contributed by atoms with van der Waals surface area (Å²) in [7, 11) is 0. The molecule has 4 aromatic carbocycles. The van der Waals surface area contributed by atoms with E-state index in [4.69, 9.17) is 0 Å². The molecule has 6 aromatic rings. The van der Waals surface area contributed by atoms with Gasteiger partial charge in [-0.2, -0.15) is 0 Å².